The third-order valence-corrected chi connectivity index (χ3v) is 3.66. The Morgan fingerprint density at radius 1 is 1.00 bits per heavy atom. The van der Waals surface area contributed by atoms with Crippen LogP contribution in [-0.2, 0) is 6.54 Å². The predicted octanol–water partition coefficient (Wildman–Crippen LogP) is 2.78. The van der Waals surface area contributed by atoms with Crippen LogP contribution in [0.4, 0.5) is 0 Å². The van der Waals surface area contributed by atoms with E-state index in [-0.39, 0.29) is 0 Å². The molecule has 1 unspecified atom stereocenters. The van der Waals surface area contributed by atoms with Crippen LogP contribution in [0.3, 0.4) is 0 Å². The monoisotopic (exact) mass is 324 g/mol. The summed E-state index contributed by atoms with van der Waals surface area (Å²) in [5.41, 5.74) is 1.12. The van der Waals surface area contributed by atoms with Crippen molar-refractivity contribution in [2.45, 2.75) is 32.9 Å². The van der Waals surface area contributed by atoms with Crippen molar-refractivity contribution in [1.29, 1.82) is 0 Å². The lowest BCUT2D eigenvalue weighted by molar-refractivity contribution is 0.303. The van der Waals surface area contributed by atoms with Gasteiger partial charge in [-0.1, -0.05) is 13.8 Å². The van der Waals surface area contributed by atoms with E-state index in [2.05, 4.69) is 38.2 Å². The Morgan fingerprint density at radius 3 is 1.96 bits per heavy atom. The average molecular weight is 324 g/mol. The van der Waals surface area contributed by atoms with E-state index >= 15 is 0 Å². The minimum atomic E-state index is 0.448. The highest BCUT2D eigenvalue weighted by Crippen LogP contribution is 2.38. The molecule has 0 saturated heterocycles. The van der Waals surface area contributed by atoms with E-state index in [4.69, 9.17) is 14.2 Å². The highest BCUT2D eigenvalue weighted by Gasteiger charge is 2.15. The van der Waals surface area contributed by atoms with E-state index in [0.29, 0.717) is 29.2 Å². The van der Waals surface area contributed by atoms with Crippen LogP contribution < -0.4 is 19.5 Å². The van der Waals surface area contributed by atoms with Crippen molar-refractivity contribution in [3.8, 4) is 17.2 Å². The van der Waals surface area contributed by atoms with Crippen molar-refractivity contribution in [3.63, 3.8) is 0 Å². The van der Waals surface area contributed by atoms with Crippen LogP contribution in [-0.4, -0.2) is 52.9 Å². The average Bonchev–Trinajstić information content (AvgIpc) is 2.50. The maximum atomic E-state index is 5.41. The first-order chi connectivity index (χ1) is 10.9. The predicted molar refractivity (Wildman–Crippen MR) is 94.7 cm³/mol. The molecule has 5 nitrogen and oxygen atoms in total. The van der Waals surface area contributed by atoms with Gasteiger partial charge in [0.25, 0.3) is 0 Å². The van der Waals surface area contributed by atoms with E-state index < -0.39 is 0 Å². The number of hydrogen-bond donors (Lipinski definition) is 1. The van der Waals surface area contributed by atoms with Gasteiger partial charge in [0.15, 0.2) is 11.5 Å². The van der Waals surface area contributed by atoms with Gasteiger partial charge in [-0.25, -0.2) is 0 Å². The molecule has 0 aliphatic rings. The first kappa shape index (κ1) is 19.6. The van der Waals surface area contributed by atoms with Crippen molar-refractivity contribution < 1.29 is 14.2 Å². The third kappa shape index (κ3) is 6.28. The van der Waals surface area contributed by atoms with Gasteiger partial charge in [-0.2, -0.15) is 0 Å². The second-order valence-corrected chi connectivity index (χ2v) is 6.50. The molecule has 1 atom stereocenters. The van der Waals surface area contributed by atoms with Gasteiger partial charge in [-0.3, -0.25) is 0 Å². The van der Waals surface area contributed by atoms with Crippen molar-refractivity contribution in [2.75, 3.05) is 42.0 Å². The Bertz CT molecular complexity index is 440. The zero-order valence-electron chi connectivity index (χ0n) is 15.6. The SMILES string of the molecule is COc1cc(CNC(CC(C)C)CN(C)C)cc(OC)c1OC. The normalized spacial score (nSPS) is 12.6. The molecule has 0 heterocycles. The molecule has 1 aromatic carbocycles. The summed E-state index contributed by atoms with van der Waals surface area (Å²) in [7, 11) is 9.11. The fraction of sp³-hybridized carbons (Fsp3) is 0.667. The van der Waals surface area contributed by atoms with E-state index in [1.807, 2.05) is 12.1 Å². The Kier molecular flexibility index (Phi) is 8.20. The molecule has 132 valence electrons. The van der Waals surface area contributed by atoms with Gasteiger partial charge < -0.3 is 24.4 Å². The van der Waals surface area contributed by atoms with Crippen LogP contribution in [0.2, 0.25) is 0 Å². The molecule has 0 radical (unpaired) electrons. The topological polar surface area (TPSA) is 43.0 Å². The lowest BCUT2D eigenvalue weighted by Gasteiger charge is -2.24. The van der Waals surface area contributed by atoms with Crippen LogP contribution >= 0.6 is 0 Å². The van der Waals surface area contributed by atoms with Crippen LogP contribution in [0.15, 0.2) is 12.1 Å². The summed E-state index contributed by atoms with van der Waals surface area (Å²) in [5, 5.41) is 3.65. The smallest absolute Gasteiger partial charge is 0.203 e. The molecule has 0 spiro atoms. The maximum absolute atomic E-state index is 5.41. The van der Waals surface area contributed by atoms with Crippen molar-refractivity contribution in [2.24, 2.45) is 5.92 Å². The second-order valence-electron chi connectivity index (χ2n) is 6.50. The first-order valence-electron chi connectivity index (χ1n) is 8.08. The van der Waals surface area contributed by atoms with Gasteiger partial charge in [-0.05, 0) is 44.1 Å². The number of nitrogens with one attached hydrogen (secondary N) is 1. The number of benzene rings is 1. The van der Waals surface area contributed by atoms with E-state index in [1.165, 1.54) is 0 Å². The van der Waals surface area contributed by atoms with Gasteiger partial charge in [0.1, 0.15) is 0 Å². The number of likely N-dealkylation sites (N-methyl/N-ethyl adjacent to an activating group) is 1. The number of ether oxygens (including phenoxy) is 3. The van der Waals surface area contributed by atoms with Gasteiger partial charge in [0.05, 0.1) is 21.3 Å². The highest BCUT2D eigenvalue weighted by molar-refractivity contribution is 5.53. The number of methoxy groups -OCH3 is 3. The molecule has 0 saturated carbocycles. The Balaban J connectivity index is 2.85. The van der Waals surface area contributed by atoms with E-state index in [1.54, 1.807) is 21.3 Å². The third-order valence-electron chi connectivity index (χ3n) is 3.66. The minimum absolute atomic E-state index is 0.448. The first-order valence-corrected chi connectivity index (χ1v) is 8.08. The van der Waals surface area contributed by atoms with Crippen LogP contribution in [0, 0.1) is 5.92 Å². The highest BCUT2D eigenvalue weighted by atomic mass is 16.5. The quantitative estimate of drug-likeness (QED) is 0.717. The molecule has 23 heavy (non-hydrogen) atoms. The molecule has 0 aliphatic carbocycles. The molecule has 1 aromatic rings. The van der Waals surface area contributed by atoms with Crippen molar-refractivity contribution in [3.05, 3.63) is 17.7 Å². The molecule has 0 amide bonds. The number of rotatable bonds is 10. The number of hydrogen-bond acceptors (Lipinski definition) is 5. The summed E-state index contributed by atoms with van der Waals surface area (Å²) >= 11 is 0. The van der Waals surface area contributed by atoms with Gasteiger partial charge in [0, 0.05) is 19.1 Å². The summed E-state index contributed by atoms with van der Waals surface area (Å²) in [6.07, 6.45) is 1.14. The Morgan fingerprint density at radius 2 is 1.57 bits per heavy atom. The molecule has 1 N–H and O–H groups in total. The Labute approximate surface area is 140 Å². The van der Waals surface area contributed by atoms with Crippen LogP contribution in [0.25, 0.3) is 0 Å². The van der Waals surface area contributed by atoms with Gasteiger partial charge in [-0.15, -0.1) is 0 Å². The molecular formula is C18H32N2O3. The lowest BCUT2D eigenvalue weighted by Crippen LogP contribution is -2.38. The molecule has 5 heteroatoms. The van der Waals surface area contributed by atoms with Crippen molar-refractivity contribution in [1.82, 2.24) is 10.2 Å². The van der Waals surface area contributed by atoms with E-state index in [0.717, 1.165) is 25.1 Å². The molecule has 0 fully saturated rings. The fourth-order valence-corrected chi connectivity index (χ4v) is 2.73. The number of nitrogens with zero attached hydrogens (tertiary/aromatic N) is 1. The van der Waals surface area contributed by atoms with E-state index in [9.17, 15) is 0 Å². The van der Waals surface area contributed by atoms with Gasteiger partial charge >= 0.3 is 0 Å². The molecule has 0 aliphatic heterocycles. The largest absolute Gasteiger partial charge is 0.493 e. The standard InChI is InChI=1S/C18H32N2O3/c1-13(2)8-15(12-20(3)4)19-11-14-9-16(21-5)18(23-7)17(10-14)22-6/h9-10,13,15,19H,8,11-12H2,1-7H3. The maximum Gasteiger partial charge on any atom is 0.203 e. The second kappa shape index (κ2) is 9.63. The lowest BCUT2D eigenvalue weighted by atomic mass is 10.0. The molecule has 0 aromatic heterocycles. The molecule has 0 bridgehead atoms. The summed E-state index contributed by atoms with van der Waals surface area (Å²) in [4.78, 5) is 2.22. The fourth-order valence-electron chi connectivity index (χ4n) is 2.73. The van der Waals surface area contributed by atoms with Crippen LogP contribution in [0.1, 0.15) is 25.8 Å². The van der Waals surface area contributed by atoms with Crippen molar-refractivity contribution >= 4 is 0 Å². The molecular weight excluding hydrogens is 292 g/mol. The zero-order chi connectivity index (χ0) is 17.4. The minimum Gasteiger partial charge on any atom is -0.493 e. The Hall–Kier alpha value is -1.46. The van der Waals surface area contributed by atoms with Gasteiger partial charge in [0.2, 0.25) is 5.75 Å². The summed E-state index contributed by atoms with van der Waals surface area (Å²) in [6, 6.07) is 4.44. The summed E-state index contributed by atoms with van der Waals surface area (Å²) in [5.74, 6) is 2.67. The summed E-state index contributed by atoms with van der Waals surface area (Å²) < 4.78 is 16.2. The van der Waals surface area contributed by atoms with Crippen LogP contribution in [0.5, 0.6) is 17.2 Å². The zero-order valence-corrected chi connectivity index (χ0v) is 15.6. The molecule has 1 rings (SSSR count). The summed E-state index contributed by atoms with van der Waals surface area (Å²) in [6.45, 7) is 6.29.